The minimum Gasteiger partial charge on any atom is -0.206 e. The van der Waals surface area contributed by atoms with Gasteiger partial charge in [0.05, 0.1) is 5.56 Å². The first-order chi connectivity index (χ1) is 6.36. The zero-order chi connectivity index (χ0) is 10.9. The molecular formula is C8H4Br2F4. The molecule has 14 heavy (non-hydrogen) atoms. The van der Waals surface area contributed by atoms with E-state index in [1.807, 2.05) is 0 Å². The van der Waals surface area contributed by atoms with E-state index in [1.165, 1.54) is 0 Å². The summed E-state index contributed by atoms with van der Waals surface area (Å²) >= 11 is 5.98. The summed E-state index contributed by atoms with van der Waals surface area (Å²) in [7, 11) is 0. The van der Waals surface area contributed by atoms with Gasteiger partial charge < -0.3 is 0 Å². The number of hydrogen-bond donors (Lipinski definition) is 0. The van der Waals surface area contributed by atoms with Gasteiger partial charge in [-0.2, -0.15) is 13.2 Å². The predicted octanol–water partition coefficient (Wildman–Crippen LogP) is 4.50. The van der Waals surface area contributed by atoms with Crippen molar-refractivity contribution in [2.24, 2.45) is 0 Å². The van der Waals surface area contributed by atoms with Gasteiger partial charge in [0.25, 0.3) is 0 Å². The van der Waals surface area contributed by atoms with Crippen LogP contribution in [-0.2, 0) is 11.5 Å². The summed E-state index contributed by atoms with van der Waals surface area (Å²) in [5, 5.41) is 0.233. The second kappa shape index (κ2) is 4.18. The molecule has 0 heterocycles. The third-order valence-electron chi connectivity index (χ3n) is 1.59. The van der Waals surface area contributed by atoms with Gasteiger partial charge in [-0.15, -0.1) is 0 Å². The summed E-state index contributed by atoms with van der Waals surface area (Å²) in [6.07, 6.45) is -4.65. The van der Waals surface area contributed by atoms with E-state index in [9.17, 15) is 17.6 Å². The minimum absolute atomic E-state index is 0.233. The molecule has 0 radical (unpaired) electrons. The van der Waals surface area contributed by atoms with Crippen LogP contribution < -0.4 is 0 Å². The topological polar surface area (TPSA) is 0 Å². The van der Waals surface area contributed by atoms with Crippen molar-refractivity contribution in [3.05, 3.63) is 33.5 Å². The Kier molecular flexibility index (Phi) is 3.58. The van der Waals surface area contributed by atoms with Crippen molar-refractivity contribution in [3.8, 4) is 0 Å². The maximum atomic E-state index is 12.9. The van der Waals surface area contributed by atoms with E-state index < -0.39 is 17.6 Å². The zero-order valence-corrected chi connectivity index (χ0v) is 9.80. The molecular weight excluding hydrogens is 332 g/mol. The quantitative estimate of drug-likeness (QED) is 0.523. The van der Waals surface area contributed by atoms with Gasteiger partial charge in [0.2, 0.25) is 0 Å². The Bertz CT molecular complexity index is 346. The molecule has 0 unspecified atom stereocenters. The molecule has 0 aliphatic carbocycles. The molecule has 0 aliphatic heterocycles. The normalized spacial score (nSPS) is 11.9. The molecule has 78 valence electrons. The molecule has 0 aliphatic rings. The van der Waals surface area contributed by atoms with Crippen LogP contribution in [0.5, 0.6) is 0 Å². The van der Waals surface area contributed by atoms with Crippen molar-refractivity contribution < 1.29 is 17.6 Å². The van der Waals surface area contributed by atoms with Gasteiger partial charge in [0, 0.05) is 9.80 Å². The lowest BCUT2D eigenvalue weighted by Crippen LogP contribution is -2.08. The van der Waals surface area contributed by atoms with Crippen molar-refractivity contribution in [2.75, 3.05) is 0 Å². The Morgan fingerprint density at radius 1 is 1.21 bits per heavy atom. The van der Waals surface area contributed by atoms with Crippen LogP contribution in [0.1, 0.15) is 11.1 Å². The molecule has 6 heteroatoms. The molecule has 0 aromatic heterocycles. The van der Waals surface area contributed by atoms with Crippen LogP contribution in [0.4, 0.5) is 17.6 Å². The van der Waals surface area contributed by atoms with E-state index in [1.54, 1.807) is 0 Å². The van der Waals surface area contributed by atoms with Crippen molar-refractivity contribution in [1.82, 2.24) is 0 Å². The standard InChI is InChI=1S/C8H4Br2F4/c9-3-4-1-5(8(12,13)14)7(11)2-6(4)10/h1-2H,3H2. The van der Waals surface area contributed by atoms with Crippen molar-refractivity contribution in [2.45, 2.75) is 11.5 Å². The van der Waals surface area contributed by atoms with E-state index in [4.69, 9.17) is 0 Å². The van der Waals surface area contributed by atoms with Crippen LogP contribution in [0.25, 0.3) is 0 Å². The van der Waals surface area contributed by atoms with Gasteiger partial charge >= 0.3 is 6.18 Å². The van der Waals surface area contributed by atoms with Gasteiger partial charge in [-0.05, 0) is 17.7 Å². The Hall–Kier alpha value is -0.100. The van der Waals surface area contributed by atoms with E-state index in [-0.39, 0.29) is 5.33 Å². The first kappa shape index (κ1) is 12.0. The number of hydrogen-bond acceptors (Lipinski definition) is 0. The first-order valence-corrected chi connectivity index (χ1v) is 5.38. The third kappa shape index (κ3) is 2.48. The van der Waals surface area contributed by atoms with Gasteiger partial charge in [-0.1, -0.05) is 31.9 Å². The van der Waals surface area contributed by atoms with Crippen molar-refractivity contribution in [1.29, 1.82) is 0 Å². The fourth-order valence-corrected chi connectivity index (χ4v) is 2.21. The van der Waals surface area contributed by atoms with Gasteiger partial charge in [0.15, 0.2) is 0 Å². The van der Waals surface area contributed by atoms with Gasteiger partial charge in [0.1, 0.15) is 5.82 Å². The second-order valence-electron chi connectivity index (χ2n) is 2.55. The zero-order valence-electron chi connectivity index (χ0n) is 6.63. The molecule has 0 nitrogen and oxygen atoms in total. The first-order valence-electron chi connectivity index (χ1n) is 3.47. The van der Waals surface area contributed by atoms with Crippen LogP contribution in [0.15, 0.2) is 16.6 Å². The molecule has 0 saturated heterocycles. The molecule has 0 atom stereocenters. The largest absolute Gasteiger partial charge is 0.419 e. The predicted molar refractivity (Wildman–Crippen MR) is 51.7 cm³/mol. The van der Waals surface area contributed by atoms with E-state index in [0.717, 1.165) is 12.1 Å². The fraction of sp³-hybridized carbons (Fsp3) is 0.250. The molecule has 0 N–H and O–H groups in total. The van der Waals surface area contributed by atoms with Crippen LogP contribution in [0, 0.1) is 5.82 Å². The number of halogens is 6. The summed E-state index contributed by atoms with van der Waals surface area (Å²) in [6, 6.07) is 1.60. The molecule has 1 rings (SSSR count). The lowest BCUT2D eigenvalue weighted by Gasteiger charge is -2.10. The molecule has 0 amide bonds. The minimum atomic E-state index is -4.65. The van der Waals surface area contributed by atoms with Crippen molar-refractivity contribution >= 4 is 31.9 Å². The molecule has 1 aromatic rings. The Morgan fingerprint density at radius 2 is 1.79 bits per heavy atom. The lowest BCUT2D eigenvalue weighted by atomic mass is 10.1. The Labute approximate surface area is 94.6 Å². The monoisotopic (exact) mass is 334 g/mol. The number of benzene rings is 1. The van der Waals surface area contributed by atoms with Crippen LogP contribution in [0.2, 0.25) is 0 Å². The molecule has 0 bridgehead atoms. The maximum Gasteiger partial charge on any atom is 0.419 e. The number of alkyl halides is 4. The third-order valence-corrected chi connectivity index (χ3v) is 2.93. The summed E-state index contributed by atoms with van der Waals surface area (Å²) in [5.41, 5.74) is -0.881. The second-order valence-corrected chi connectivity index (χ2v) is 3.97. The van der Waals surface area contributed by atoms with Gasteiger partial charge in [-0.3, -0.25) is 0 Å². The highest BCUT2D eigenvalue weighted by Crippen LogP contribution is 2.34. The maximum absolute atomic E-state index is 12.9. The highest BCUT2D eigenvalue weighted by atomic mass is 79.9. The Morgan fingerprint density at radius 3 is 2.21 bits per heavy atom. The van der Waals surface area contributed by atoms with Crippen LogP contribution in [0.3, 0.4) is 0 Å². The Balaban J connectivity index is 3.32. The highest BCUT2D eigenvalue weighted by molar-refractivity contribution is 9.10. The molecule has 0 spiro atoms. The summed E-state index contributed by atoms with van der Waals surface area (Å²) < 4.78 is 49.9. The summed E-state index contributed by atoms with van der Waals surface area (Å²) in [5.74, 6) is -1.27. The molecule has 1 aromatic carbocycles. The summed E-state index contributed by atoms with van der Waals surface area (Å²) in [6.45, 7) is 0. The lowest BCUT2D eigenvalue weighted by molar-refractivity contribution is -0.140. The van der Waals surface area contributed by atoms with E-state index >= 15 is 0 Å². The van der Waals surface area contributed by atoms with Crippen LogP contribution >= 0.6 is 31.9 Å². The smallest absolute Gasteiger partial charge is 0.206 e. The van der Waals surface area contributed by atoms with Gasteiger partial charge in [-0.25, -0.2) is 4.39 Å². The van der Waals surface area contributed by atoms with E-state index in [2.05, 4.69) is 31.9 Å². The fourth-order valence-electron chi connectivity index (χ4n) is 0.913. The summed E-state index contributed by atoms with van der Waals surface area (Å²) in [4.78, 5) is 0. The average Bonchev–Trinajstić information content (AvgIpc) is 2.02. The molecule has 0 fully saturated rings. The van der Waals surface area contributed by atoms with E-state index in [0.29, 0.717) is 10.0 Å². The highest BCUT2D eigenvalue weighted by Gasteiger charge is 2.34. The SMILES string of the molecule is Fc1cc(Br)c(CBr)cc1C(F)(F)F. The van der Waals surface area contributed by atoms with Crippen LogP contribution in [-0.4, -0.2) is 0 Å². The molecule has 0 saturated carbocycles. The number of rotatable bonds is 1. The van der Waals surface area contributed by atoms with Crippen molar-refractivity contribution in [3.63, 3.8) is 0 Å². The average molecular weight is 336 g/mol.